The molecule has 0 aliphatic heterocycles. The van der Waals surface area contributed by atoms with Crippen LogP contribution in [0.5, 0.6) is 0 Å². The zero-order chi connectivity index (χ0) is 5.91. The van der Waals surface area contributed by atoms with E-state index in [4.69, 9.17) is 15.7 Å². The van der Waals surface area contributed by atoms with Crippen LogP contribution in [0, 0.1) is 5.41 Å². The van der Waals surface area contributed by atoms with Crippen molar-refractivity contribution in [1.29, 1.82) is 0 Å². The highest BCUT2D eigenvalue weighted by atomic mass is 14.1. The van der Waals surface area contributed by atoms with E-state index in [0.29, 0.717) is 12.6 Å². The minimum Gasteiger partial charge on any atom is -0.0844 e. The van der Waals surface area contributed by atoms with Crippen LogP contribution in [0.2, 0.25) is 12.6 Å². The summed E-state index contributed by atoms with van der Waals surface area (Å²) in [4.78, 5) is 0. The van der Waals surface area contributed by atoms with Crippen LogP contribution in [0.25, 0.3) is 0 Å². The zero-order valence-electron chi connectivity index (χ0n) is 5.07. The molecule has 0 N–H and O–H groups in total. The Morgan fingerprint density at radius 3 is 1.43 bits per heavy atom. The highest BCUT2D eigenvalue weighted by Gasteiger charge is 2.08. The first-order valence-electron chi connectivity index (χ1n) is 2.52. The molecular formula is C5H10B2. The third-order valence-corrected chi connectivity index (χ3v) is 1.11. The first-order valence-corrected chi connectivity index (χ1v) is 2.52. The van der Waals surface area contributed by atoms with Gasteiger partial charge in [-0.2, -0.15) is 0 Å². The maximum Gasteiger partial charge on any atom is 0.0659 e. The molecule has 36 valence electrons. The lowest BCUT2D eigenvalue weighted by atomic mass is 9.71. The van der Waals surface area contributed by atoms with Crippen molar-refractivity contribution < 1.29 is 0 Å². The SMILES string of the molecule is [B]CC(C)(C)C[B]. The molecule has 4 radical (unpaired) electrons. The molecule has 0 aromatic carbocycles. The lowest BCUT2D eigenvalue weighted by Crippen LogP contribution is -2.08. The summed E-state index contributed by atoms with van der Waals surface area (Å²) in [6, 6.07) is 0. The van der Waals surface area contributed by atoms with Gasteiger partial charge in [0.15, 0.2) is 0 Å². The van der Waals surface area contributed by atoms with Gasteiger partial charge in [0.2, 0.25) is 0 Å². The van der Waals surface area contributed by atoms with Gasteiger partial charge in [0.05, 0.1) is 15.7 Å². The molecule has 0 aromatic heterocycles. The van der Waals surface area contributed by atoms with Crippen LogP contribution in [-0.4, -0.2) is 15.7 Å². The standard InChI is InChI=1S/C5H10B2/c1-5(2,3-6)4-7/h3-4H2,1-2H3. The first-order chi connectivity index (χ1) is 3.12. The highest BCUT2D eigenvalue weighted by Crippen LogP contribution is 2.21. The Balaban J connectivity index is 3.36. The van der Waals surface area contributed by atoms with Crippen molar-refractivity contribution >= 4 is 15.7 Å². The van der Waals surface area contributed by atoms with Crippen LogP contribution >= 0.6 is 0 Å². The van der Waals surface area contributed by atoms with Crippen LogP contribution in [0.15, 0.2) is 0 Å². The molecule has 0 amide bonds. The molecule has 0 atom stereocenters. The lowest BCUT2D eigenvalue weighted by molar-refractivity contribution is 0.469. The highest BCUT2D eigenvalue weighted by molar-refractivity contribution is 6.12. The van der Waals surface area contributed by atoms with Crippen molar-refractivity contribution in [3.8, 4) is 0 Å². The molecule has 0 saturated heterocycles. The van der Waals surface area contributed by atoms with E-state index in [0.717, 1.165) is 0 Å². The Morgan fingerprint density at radius 1 is 1.14 bits per heavy atom. The second-order valence-electron chi connectivity index (χ2n) is 2.57. The minimum absolute atomic E-state index is 0.139. The molecular weight excluding hydrogens is 81.7 g/mol. The van der Waals surface area contributed by atoms with E-state index >= 15 is 0 Å². The fraction of sp³-hybridized carbons (Fsp3) is 1.00. The monoisotopic (exact) mass is 92.1 g/mol. The largest absolute Gasteiger partial charge is 0.0844 e. The van der Waals surface area contributed by atoms with Gasteiger partial charge in [-0.1, -0.05) is 31.9 Å². The Morgan fingerprint density at radius 2 is 1.43 bits per heavy atom. The molecule has 0 heterocycles. The van der Waals surface area contributed by atoms with Gasteiger partial charge in [-0.15, -0.1) is 0 Å². The number of hydrogen-bond acceptors (Lipinski definition) is 0. The van der Waals surface area contributed by atoms with Crippen molar-refractivity contribution in [2.24, 2.45) is 5.41 Å². The predicted octanol–water partition coefficient (Wildman–Crippen LogP) is 1.19. The van der Waals surface area contributed by atoms with Gasteiger partial charge in [-0.3, -0.25) is 0 Å². The smallest absolute Gasteiger partial charge is 0.0659 e. The molecule has 0 nitrogen and oxygen atoms in total. The maximum absolute atomic E-state index is 5.34. The molecule has 0 aromatic rings. The van der Waals surface area contributed by atoms with Gasteiger partial charge in [0.25, 0.3) is 0 Å². The molecule has 0 fully saturated rings. The van der Waals surface area contributed by atoms with Crippen LogP contribution in [0.1, 0.15) is 13.8 Å². The Bertz CT molecular complexity index is 44.0. The summed E-state index contributed by atoms with van der Waals surface area (Å²) in [6.07, 6.45) is 1.34. The van der Waals surface area contributed by atoms with Gasteiger partial charge < -0.3 is 0 Å². The summed E-state index contributed by atoms with van der Waals surface area (Å²) in [7, 11) is 10.7. The Kier molecular flexibility index (Phi) is 2.49. The fourth-order valence-electron chi connectivity index (χ4n) is 0.0833. The third-order valence-electron chi connectivity index (χ3n) is 1.11. The minimum atomic E-state index is 0.139. The zero-order valence-corrected chi connectivity index (χ0v) is 5.07. The van der Waals surface area contributed by atoms with Crippen LogP contribution < -0.4 is 0 Å². The van der Waals surface area contributed by atoms with Crippen molar-refractivity contribution in [1.82, 2.24) is 0 Å². The van der Waals surface area contributed by atoms with E-state index in [1.807, 2.05) is 13.8 Å². The normalized spacial score (nSPS) is 11.7. The van der Waals surface area contributed by atoms with Crippen molar-refractivity contribution in [3.05, 3.63) is 0 Å². The lowest BCUT2D eigenvalue weighted by Gasteiger charge is -2.19. The average molecular weight is 91.8 g/mol. The predicted molar refractivity (Wildman–Crippen MR) is 34.9 cm³/mol. The summed E-state index contributed by atoms with van der Waals surface area (Å²) < 4.78 is 0. The van der Waals surface area contributed by atoms with Crippen LogP contribution in [0.4, 0.5) is 0 Å². The van der Waals surface area contributed by atoms with E-state index in [1.54, 1.807) is 0 Å². The van der Waals surface area contributed by atoms with Gasteiger partial charge in [0.1, 0.15) is 0 Å². The topological polar surface area (TPSA) is 0 Å². The summed E-state index contributed by atoms with van der Waals surface area (Å²) in [5.74, 6) is 0. The third kappa shape index (κ3) is 2.78. The molecule has 0 spiro atoms. The molecule has 0 aliphatic rings. The van der Waals surface area contributed by atoms with Gasteiger partial charge in [0, 0.05) is 0 Å². The van der Waals surface area contributed by atoms with E-state index in [-0.39, 0.29) is 5.41 Å². The molecule has 0 bridgehead atoms. The van der Waals surface area contributed by atoms with Gasteiger partial charge in [-0.25, -0.2) is 0 Å². The first kappa shape index (κ1) is 7.13. The van der Waals surface area contributed by atoms with E-state index in [2.05, 4.69) is 0 Å². The molecule has 0 saturated carbocycles. The van der Waals surface area contributed by atoms with Gasteiger partial charge in [-0.05, 0) is 0 Å². The quantitative estimate of drug-likeness (QED) is 0.448. The summed E-state index contributed by atoms with van der Waals surface area (Å²) in [5, 5.41) is 0. The summed E-state index contributed by atoms with van der Waals surface area (Å²) in [5.41, 5.74) is 0.139. The molecule has 0 rings (SSSR count). The number of rotatable bonds is 2. The Labute approximate surface area is 48.5 Å². The van der Waals surface area contributed by atoms with Gasteiger partial charge >= 0.3 is 0 Å². The second-order valence-corrected chi connectivity index (χ2v) is 2.57. The average Bonchev–Trinajstić information content (AvgIpc) is 1.68. The summed E-state index contributed by atoms with van der Waals surface area (Å²) >= 11 is 0. The molecule has 2 heteroatoms. The maximum atomic E-state index is 5.34. The van der Waals surface area contributed by atoms with Crippen molar-refractivity contribution in [2.45, 2.75) is 26.5 Å². The summed E-state index contributed by atoms with van der Waals surface area (Å²) in [6.45, 7) is 4.10. The van der Waals surface area contributed by atoms with E-state index in [9.17, 15) is 0 Å². The van der Waals surface area contributed by atoms with E-state index < -0.39 is 0 Å². The van der Waals surface area contributed by atoms with Crippen molar-refractivity contribution in [3.63, 3.8) is 0 Å². The molecule has 7 heavy (non-hydrogen) atoms. The van der Waals surface area contributed by atoms with E-state index in [1.165, 1.54) is 0 Å². The molecule has 0 unspecified atom stereocenters. The number of hydrogen-bond donors (Lipinski definition) is 0. The van der Waals surface area contributed by atoms with Crippen LogP contribution in [0.3, 0.4) is 0 Å². The van der Waals surface area contributed by atoms with Crippen molar-refractivity contribution in [2.75, 3.05) is 0 Å². The Hall–Kier alpha value is 0.130. The van der Waals surface area contributed by atoms with Crippen LogP contribution in [-0.2, 0) is 0 Å². The molecule has 0 aliphatic carbocycles. The second kappa shape index (κ2) is 2.44. The fourth-order valence-corrected chi connectivity index (χ4v) is 0.0833.